The number of rotatable bonds is 5. The van der Waals surface area contributed by atoms with Gasteiger partial charge in [-0.15, -0.1) is 0 Å². The van der Waals surface area contributed by atoms with Crippen molar-refractivity contribution >= 4 is 33.6 Å². The Bertz CT molecular complexity index is 1100. The number of hydrogen-bond acceptors (Lipinski definition) is 7. The maximum atomic E-state index is 12.1. The third-order valence-electron chi connectivity index (χ3n) is 3.96. The largest absolute Gasteiger partial charge is 0.454 e. The SMILES string of the molecule is C[C@H](N=C1NS(=O)(=O)c2ccccc21)C(=O)OCC(=O)NC(=O)c1ccccc1. The maximum absolute atomic E-state index is 12.1. The Morgan fingerprint density at radius 3 is 2.45 bits per heavy atom. The van der Waals surface area contributed by atoms with Crippen molar-refractivity contribution in [3.8, 4) is 0 Å². The van der Waals surface area contributed by atoms with E-state index in [-0.39, 0.29) is 10.7 Å². The Kier molecular flexibility index (Phi) is 5.74. The standard InChI is InChI=1S/C19H17N3O6S/c1-12(20-17-14-9-5-6-10-15(14)29(26,27)22-17)19(25)28-11-16(23)21-18(24)13-7-3-2-4-8-13/h2-10,12H,11H2,1H3,(H,20,22)(H,21,23,24)/t12-/m0/s1. The number of carbonyl (C=O) groups is 3. The molecule has 3 rings (SSSR count). The average molecular weight is 415 g/mol. The summed E-state index contributed by atoms with van der Waals surface area (Å²) in [5, 5.41) is 2.10. The molecule has 1 atom stereocenters. The van der Waals surface area contributed by atoms with Gasteiger partial charge in [0.1, 0.15) is 11.9 Å². The number of nitrogens with zero attached hydrogens (tertiary/aromatic N) is 1. The molecule has 0 radical (unpaired) electrons. The van der Waals surface area contributed by atoms with Gasteiger partial charge in [0, 0.05) is 11.1 Å². The van der Waals surface area contributed by atoms with Crippen LogP contribution >= 0.6 is 0 Å². The van der Waals surface area contributed by atoms with E-state index in [4.69, 9.17) is 4.74 Å². The molecule has 9 nitrogen and oxygen atoms in total. The number of amidine groups is 1. The summed E-state index contributed by atoms with van der Waals surface area (Å²) < 4.78 is 31.3. The van der Waals surface area contributed by atoms with Crippen LogP contribution in [-0.2, 0) is 24.3 Å². The monoisotopic (exact) mass is 415 g/mol. The number of esters is 1. The zero-order valence-corrected chi connectivity index (χ0v) is 16.1. The predicted octanol–water partition coefficient (Wildman–Crippen LogP) is 0.613. The predicted molar refractivity (Wildman–Crippen MR) is 103 cm³/mol. The smallest absolute Gasteiger partial charge is 0.331 e. The van der Waals surface area contributed by atoms with Crippen molar-refractivity contribution in [3.05, 3.63) is 65.7 Å². The minimum atomic E-state index is -3.73. The van der Waals surface area contributed by atoms with Crippen LogP contribution in [0.25, 0.3) is 0 Å². The van der Waals surface area contributed by atoms with Gasteiger partial charge in [0.05, 0.1) is 4.90 Å². The first kappa shape index (κ1) is 20.2. The van der Waals surface area contributed by atoms with Crippen LogP contribution in [0.4, 0.5) is 0 Å². The molecule has 10 heteroatoms. The lowest BCUT2D eigenvalue weighted by molar-refractivity contribution is -0.149. The number of nitrogens with one attached hydrogen (secondary N) is 2. The van der Waals surface area contributed by atoms with Gasteiger partial charge < -0.3 is 4.74 Å². The summed E-state index contributed by atoms with van der Waals surface area (Å²) in [7, 11) is -3.73. The number of ether oxygens (including phenoxy) is 1. The zero-order chi connectivity index (χ0) is 21.0. The Balaban J connectivity index is 1.58. The van der Waals surface area contributed by atoms with Crippen molar-refractivity contribution in [2.24, 2.45) is 4.99 Å². The van der Waals surface area contributed by atoms with Crippen LogP contribution < -0.4 is 10.0 Å². The van der Waals surface area contributed by atoms with E-state index in [9.17, 15) is 22.8 Å². The van der Waals surface area contributed by atoms with E-state index in [1.54, 1.807) is 36.4 Å². The number of fused-ring (bicyclic) bond motifs is 1. The molecular formula is C19H17N3O6S. The lowest BCUT2D eigenvalue weighted by Gasteiger charge is -2.09. The van der Waals surface area contributed by atoms with Gasteiger partial charge in [-0.1, -0.05) is 30.3 Å². The van der Waals surface area contributed by atoms with E-state index < -0.39 is 40.5 Å². The molecule has 0 aliphatic carbocycles. The molecule has 0 bridgehead atoms. The number of amides is 2. The lowest BCUT2D eigenvalue weighted by atomic mass is 10.2. The Morgan fingerprint density at radius 2 is 1.72 bits per heavy atom. The van der Waals surface area contributed by atoms with E-state index in [0.29, 0.717) is 11.1 Å². The highest BCUT2D eigenvalue weighted by atomic mass is 32.2. The van der Waals surface area contributed by atoms with Crippen LogP contribution in [0, 0.1) is 0 Å². The first-order valence-corrected chi connectivity index (χ1v) is 10.0. The fraction of sp³-hybridized carbons (Fsp3) is 0.158. The van der Waals surface area contributed by atoms with Gasteiger partial charge in [-0.25, -0.2) is 13.2 Å². The number of hydrogen-bond donors (Lipinski definition) is 2. The summed E-state index contributed by atoms with van der Waals surface area (Å²) in [6.45, 7) is 0.729. The van der Waals surface area contributed by atoms with E-state index in [1.807, 2.05) is 0 Å². The number of aliphatic imine (C=N–C) groups is 1. The van der Waals surface area contributed by atoms with Gasteiger partial charge in [0.25, 0.3) is 21.8 Å². The molecule has 0 saturated carbocycles. The number of benzene rings is 2. The highest BCUT2D eigenvalue weighted by Crippen LogP contribution is 2.22. The highest BCUT2D eigenvalue weighted by molar-refractivity contribution is 7.90. The molecule has 29 heavy (non-hydrogen) atoms. The van der Waals surface area contributed by atoms with Crippen LogP contribution in [-0.4, -0.2) is 44.7 Å². The summed E-state index contributed by atoms with van der Waals surface area (Å²) in [6.07, 6.45) is 0. The normalized spacial score (nSPS) is 16.4. The molecular weight excluding hydrogens is 398 g/mol. The van der Waals surface area contributed by atoms with Crippen molar-refractivity contribution < 1.29 is 27.5 Å². The van der Waals surface area contributed by atoms with Crippen molar-refractivity contribution in [2.75, 3.05) is 6.61 Å². The molecule has 0 fully saturated rings. The highest BCUT2D eigenvalue weighted by Gasteiger charge is 2.31. The van der Waals surface area contributed by atoms with Crippen LogP contribution in [0.2, 0.25) is 0 Å². The topological polar surface area (TPSA) is 131 Å². The van der Waals surface area contributed by atoms with Gasteiger partial charge in [-0.2, -0.15) is 0 Å². The molecule has 0 saturated heterocycles. The van der Waals surface area contributed by atoms with E-state index in [2.05, 4.69) is 15.0 Å². The Labute approximate surface area is 166 Å². The van der Waals surface area contributed by atoms with Crippen molar-refractivity contribution in [3.63, 3.8) is 0 Å². The summed E-state index contributed by atoms with van der Waals surface area (Å²) in [4.78, 5) is 39.9. The molecule has 0 spiro atoms. The van der Waals surface area contributed by atoms with Gasteiger partial charge in [-0.3, -0.25) is 24.6 Å². The van der Waals surface area contributed by atoms with Crippen molar-refractivity contribution in [2.45, 2.75) is 17.9 Å². The first-order chi connectivity index (χ1) is 13.8. The minimum Gasteiger partial charge on any atom is -0.454 e. The van der Waals surface area contributed by atoms with Crippen molar-refractivity contribution in [1.82, 2.24) is 10.0 Å². The molecule has 1 aliphatic rings. The van der Waals surface area contributed by atoms with Gasteiger partial charge in [0.15, 0.2) is 6.61 Å². The molecule has 2 amide bonds. The van der Waals surface area contributed by atoms with E-state index in [1.165, 1.54) is 25.1 Å². The Hall–Kier alpha value is -3.53. The quantitative estimate of drug-likeness (QED) is 0.688. The average Bonchev–Trinajstić information content (AvgIpc) is 2.97. The number of imide groups is 1. The van der Waals surface area contributed by atoms with E-state index in [0.717, 1.165) is 0 Å². The Morgan fingerprint density at radius 1 is 1.07 bits per heavy atom. The molecule has 0 unspecified atom stereocenters. The number of sulfonamides is 1. The lowest BCUT2D eigenvalue weighted by Crippen LogP contribution is -2.35. The maximum Gasteiger partial charge on any atom is 0.331 e. The summed E-state index contributed by atoms with van der Waals surface area (Å²) in [5.41, 5.74) is 0.637. The minimum absolute atomic E-state index is 0.0220. The zero-order valence-electron chi connectivity index (χ0n) is 15.3. The fourth-order valence-electron chi connectivity index (χ4n) is 2.56. The second-order valence-electron chi connectivity index (χ2n) is 6.11. The van der Waals surface area contributed by atoms with E-state index >= 15 is 0 Å². The number of carbonyl (C=O) groups excluding carboxylic acids is 3. The first-order valence-electron chi connectivity index (χ1n) is 8.54. The molecule has 2 N–H and O–H groups in total. The van der Waals surface area contributed by atoms with Crippen LogP contribution in [0.15, 0.2) is 64.5 Å². The fourth-order valence-corrected chi connectivity index (χ4v) is 3.80. The molecule has 1 heterocycles. The van der Waals surface area contributed by atoms with Gasteiger partial charge in [0.2, 0.25) is 0 Å². The molecule has 0 aromatic heterocycles. The second-order valence-corrected chi connectivity index (χ2v) is 7.76. The third-order valence-corrected chi connectivity index (χ3v) is 5.36. The summed E-state index contributed by atoms with van der Waals surface area (Å²) in [6, 6.07) is 13.2. The van der Waals surface area contributed by atoms with Crippen LogP contribution in [0.1, 0.15) is 22.8 Å². The van der Waals surface area contributed by atoms with Crippen LogP contribution in [0.3, 0.4) is 0 Å². The molecule has 2 aromatic rings. The van der Waals surface area contributed by atoms with Gasteiger partial charge >= 0.3 is 5.97 Å². The second kappa shape index (κ2) is 8.23. The summed E-state index contributed by atoms with van der Waals surface area (Å²) >= 11 is 0. The molecule has 150 valence electrons. The van der Waals surface area contributed by atoms with Gasteiger partial charge in [-0.05, 0) is 31.2 Å². The summed E-state index contributed by atoms with van der Waals surface area (Å²) in [5.74, 6) is -2.23. The molecule has 2 aromatic carbocycles. The molecule has 1 aliphatic heterocycles. The third kappa shape index (κ3) is 4.66. The van der Waals surface area contributed by atoms with Crippen LogP contribution in [0.5, 0.6) is 0 Å². The van der Waals surface area contributed by atoms with Crippen molar-refractivity contribution in [1.29, 1.82) is 0 Å².